The summed E-state index contributed by atoms with van der Waals surface area (Å²) in [5, 5.41) is 0.557. The third-order valence-electron chi connectivity index (χ3n) is 6.54. The minimum absolute atomic E-state index is 0.102. The van der Waals surface area contributed by atoms with Crippen molar-refractivity contribution < 1.29 is 36.3 Å². The van der Waals surface area contributed by atoms with Gasteiger partial charge >= 0.3 is 6.09 Å². The Kier molecular flexibility index (Phi) is 9.37. The van der Waals surface area contributed by atoms with E-state index in [4.69, 9.17) is 21.1 Å². The molecule has 224 valence electrons. The molecule has 1 unspecified atom stereocenters. The van der Waals surface area contributed by atoms with Crippen LogP contribution >= 0.6 is 11.6 Å². The molecule has 0 bridgehead atoms. The van der Waals surface area contributed by atoms with Crippen molar-refractivity contribution in [3.8, 4) is 5.75 Å². The summed E-state index contributed by atoms with van der Waals surface area (Å²) in [7, 11) is -4.77. The van der Waals surface area contributed by atoms with Gasteiger partial charge in [0.15, 0.2) is 11.6 Å². The Labute approximate surface area is 247 Å². The molecule has 0 aliphatic carbocycles. The summed E-state index contributed by atoms with van der Waals surface area (Å²) in [5.41, 5.74) is 0.0225. The summed E-state index contributed by atoms with van der Waals surface area (Å²) in [6.45, 7) is 5.80. The van der Waals surface area contributed by atoms with Gasteiger partial charge in [0.05, 0.1) is 6.61 Å². The molecule has 1 aliphatic rings. The quantitative estimate of drug-likeness (QED) is 0.368. The van der Waals surface area contributed by atoms with Crippen molar-refractivity contribution in [3.05, 3.63) is 88.7 Å². The normalized spacial score (nSPS) is 17.4. The highest BCUT2D eigenvalue weighted by atomic mass is 35.5. The number of likely N-dealkylation sites (tertiary alicyclic amines) is 1. The molecule has 2 amide bonds. The van der Waals surface area contributed by atoms with Crippen molar-refractivity contribution >= 4 is 33.6 Å². The van der Waals surface area contributed by atoms with Gasteiger partial charge in [0.25, 0.3) is 15.9 Å². The highest BCUT2D eigenvalue weighted by Gasteiger charge is 2.35. The number of amides is 2. The number of carbonyl (C=O) groups is 2. The zero-order valence-electron chi connectivity index (χ0n) is 23.1. The third kappa shape index (κ3) is 7.74. The second-order valence-electron chi connectivity index (χ2n) is 10.8. The number of sulfonamides is 1. The predicted octanol–water partition coefficient (Wildman–Crippen LogP) is 5.55. The van der Waals surface area contributed by atoms with Crippen LogP contribution in [0, 0.1) is 17.6 Å². The molecule has 1 fully saturated rings. The largest absolute Gasteiger partial charge is 0.490 e. The van der Waals surface area contributed by atoms with Crippen molar-refractivity contribution in [3.63, 3.8) is 0 Å². The van der Waals surface area contributed by atoms with Gasteiger partial charge in [-0.2, -0.15) is 0 Å². The molecule has 2 aromatic carbocycles. The maximum absolute atomic E-state index is 15.0. The Morgan fingerprint density at radius 1 is 1.10 bits per heavy atom. The van der Waals surface area contributed by atoms with E-state index in [0.717, 1.165) is 5.56 Å². The summed E-state index contributed by atoms with van der Waals surface area (Å²) in [4.78, 5) is 29.2. The number of nitrogens with zero attached hydrogens (tertiary/aromatic N) is 2. The van der Waals surface area contributed by atoms with Gasteiger partial charge in [-0.3, -0.25) is 9.78 Å². The number of benzene rings is 2. The van der Waals surface area contributed by atoms with Gasteiger partial charge in [-0.05, 0) is 62.9 Å². The minimum Gasteiger partial charge on any atom is -0.490 e. The van der Waals surface area contributed by atoms with Gasteiger partial charge in [-0.1, -0.05) is 29.8 Å². The lowest BCUT2D eigenvalue weighted by molar-refractivity contribution is 0.0110. The molecule has 4 rings (SSSR count). The maximum atomic E-state index is 15.0. The van der Waals surface area contributed by atoms with E-state index in [1.807, 2.05) is 12.1 Å². The Bertz CT molecular complexity index is 1550. The van der Waals surface area contributed by atoms with E-state index in [1.54, 1.807) is 42.5 Å². The molecule has 42 heavy (non-hydrogen) atoms. The molecule has 2 atom stereocenters. The van der Waals surface area contributed by atoms with Gasteiger partial charge < -0.3 is 14.4 Å². The van der Waals surface area contributed by atoms with E-state index in [2.05, 4.69) is 4.98 Å². The fourth-order valence-corrected chi connectivity index (χ4v) is 5.75. The number of halogens is 3. The molecule has 1 aliphatic heterocycles. The molecule has 0 spiro atoms. The highest BCUT2D eigenvalue weighted by molar-refractivity contribution is 7.90. The van der Waals surface area contributed by atoms with Gasteiger partial charge in [-0.15, -0.1) is 0 Å². The monoisotopic (exact) mass is 621 g/mol. The first-order chi connectivity index (χ1) is 19.7. The van der Waals surface area contributed by atoms with Crippen LogP contribution in [0.5, 0.6) is 5.75 Å². The fraction of sp³-hybridized carbons (Fsp3) is 0.345. The summed E-state index contributed by atoms with van der Waals surface area (Å²) in [5.74, 6) is -4.54. The predicted molar refractivity (Wildman–Crippen MR) is 151 cm³/mol. The molecule has 2 heterocycles. The van der Waals surface area contributed by atoms with E-state index < -0.39 is 49.9 Å². The first-order valence-corrected chi connectivity index (χ1v) is 14.9. The van der Waals surface area contributed by atoms with Crippen LogP contribution in [0.15, 0.2) is 65.7 Å². The lowest BCUT2D eigenvalue weighted by Crippen LogP contribution is -2.46. The summed E-state index contributed by atoms with van der Waals surface area (Å²) in [6.07, 6.45) is 1.34. The second-order valence-corrected chi connectivity index (χ2v) is 12.9. The van der Waals surface area contributed by atoms with Crippen LogP contribution in [0.25, 0.3) is 0 Å². The highest BCUT2D eigenvalue weighted by Crippen LogP contribution is 2.35. The minimum atomic E-state index is -4.77. The molecule has 1 N–H and O–H groups in total. The van der Waals surface area contributed by atoms with Crippen LogP contribution in [0.4, 0.5) is 13.6 Å². The number of ether oxygens (including phenoxy) is 2. The molecule has 1 saturated heterocycles. The van der Waals surface area contributed by atoms with E-state index in [0.29, 0.717) is 30.1 Å². The number of hydrogen-bond acceptors (Lipinski definition) is 7. The smallest absolute Gasteiger partial charge is 0.410 e. The number of rotatable bonds is 7. The van der Waals surface area contributed by atoms with Gasteiger partial charge in [-0.25, -0.2) is 26.7 Å². The number of piperidine rings is 1. The van der Waals surface area contributed by atoms with Crippen LogP contribution in [0.2, 0.25) is 5.02 Å². The van der Waals surface area contributed by atoms with Crippen molar-refractivity contribution in [2.24, 2.45) is 5.92 Å². The third-order valence-corrected chi connectivity index (χ3v) is 8.14. The number of aromatic nitrogens is 1. The van der Waals surface area contributed by atoms with E-state index in [9.17, 15) is 22.4 Å². The number of carbonyl (C=O) groups excluding carboxylic acids is 2. The number of pyridine rings is 1. The molecular weight excluding hydrogens is 592 g/mol. The fourth-order valence-electron chi connectivity index (χ4n) is 4.59. The maximum Gasteiger partial charge on any atom is 0.410 e. The molecule has 13 heteroatoms. The standard InChI is InChI=1S/C29H30ClF2N3O6S/c1-29(2,3)41-28(37)35-13-11-21(18-7-9-20(30)10-8-18)19(16-35)17-40-25-14-23(32)26(15-22(25)31)42(38,39)34-27(36)24-6-4-5-12-33-24/h4-10,12,14-15,19,21H,11,13,16-17H2,1-3H3,(H,34,36)/t19-,21?/m0/s1. The lowest BCUT2D eigenvalue weighted by atomic mass is 9.81. The number of nitrogens with one attached hydrogen (secondary N) is 1. The van der Waals surface area contributed by atoms with Gasteiger partial charge in [0, 0.05) is 42.4 Å². The number of hydrogen-bond donors (Lipinski definition) is 1. The molecule has 9 nitrogen and oxygen atoms in total. The van der Waals surface area contributed by atoms with Crippen molar-refractivity contribution in [2.45, 2.75) is 43.6 Å². The Balaban J connectivity index is 1.53. The average molecular weight is 622 g/mol. The van der Waals surface area contributed by atoms with Crippen molar-refractivity contribution in [1.29, 1.82) is 0 Å². The van der Waals surface area contributed by atoms with Crippen LogP contribution in [-0.2, 0) is 14.8 Å². The lowest BCUT2D eigenvalue weighted by Gasteiger charge is -2.39. The Hall–Kier alpha value is -3.77. The zero-order valence-corrected chi connectivity index (χ0v) is 24.7. The Morgan fingerprint density at radius 3 is 2.45 bits per heavy atom. The molecule has 0 saturated carbocycles. The summed E-state index contributed by atoms with van der Waals surface area (Å²) in [6, 6.07) is 12.5. The molecule has 0 radical (unpaired) electrons. The molecule has 3 aromatic rings. The van der Waals surface area contributed by atoms with Crippen LogP contribution in [0.1, 0.15) is 49.2 Å². The summed E-state index contributed by atoms with van der Waals surface area (Å²) < 4.78 is 68.2. The first-order valence-electron chi connectivity index (χ1n) is 13.1. The Morgan fingerprint density at radius 2 is 1.81 bits per heavy atom. The van der Waals surface area contributed by atoms with Crippen LogP contribution in [0.3, 0.4) is 0 Å². The van der Waals surface area contributed by atoms with Crippen molar-refractivity contribution in [1.82, 2.24) is 14.6 Å². The molecule has 1 aromatic heterocycles. The topological polar surface area (TPSA) is 115 Å². The van der Waals surface area contributed by atoms with E-state index in [-0.39, 0.29) is 30.7 Å². The van der Waals surface area contributed by atoms with E-state index in [1.165, 1.54) is 24.4 Å². The van der Waals surface area contributed by atoms with Gasteiger partial charge in [0.2, 0.25) is 0 Å². The summed E-state index contributed by atoms with van der Waals surface area (Å²) >= 11 is 6.05. The van der Waals surface area contributed by atoms with Gasteiger partial charge in [0.1, 0.15) is 22.0 Å². The van der Waals surface area contributed by atoms with Crippen molar-refractivity contribution in [2.75, 3.05) is 19.7 Å². The van der Waals surface area contributed by atoms with Crippen LogP contribution in [-0.4, -0.2) is 55.6 Å². The SMILES string of the molecule is CC(C)(C)OC(=O)N1CCC(c2ccc(Cl)cc2)[C@H](COc2cc(F)c(S(=O)(=O)NC(=O)c3ccccn3)cc2F)C1. The van der Waals surface area contributed by atoms with Crippen LogP contribution < -0.4 is 9.46 Å². The molecular formula is C29H30ClF2N3O6S. The second kappa shape index (κ2) is 12.6. The van der Waals surface area contributed by atoms with E-state index >= 15 is 4.39 Å². The average Bonchev–Trinajstić information content (AvgIpc) is 2.93. The first kappa shape index (κ1) is 31.2. The zero-order chi connectivity index (χ0) is 30.7.